The Morgan fingerprint density at radius 2 is 2.00 bits per heavy atom. The minimum atomic E-state index is 0.0439. The molecule has 0 radical (unpaired) electrons. The van der Waals surface area contributed by atoms with Crippen LogP contribution in [0.3, 0.4) is 0 Å². The highest BCUT2D eigenvalue weighted by molar-refractivity contribution is 5.73. The number of nitrogens with two attached hydrogens (primary N) is 1. The van der Waals surface area contributed by atoms with Gasteiger partial charge in [-0.25, -0.2) is 4.99 Å². The van der Waals surface area contributed by atoms with E-state index in [-0.39, 0.29) is 12.1 Å². The third-order valence-electron chi connectivity index (χ3n) is 2.16. The smallest absolute Gasteiger partial charge is 0.283 e. The topological polar surface area (TPSA) is 47.6 Å². The maximum atomic E-state index is 5.48. The van der Waals surface area contributed by atoms with Crippen LogP contribution >= 0.6 is 0 Å². The Morgan fingerprint density at radius 3 is 2.54 bits per heavy atom. The monoisotopic (exact) mass is 176 g/mol. The van der Waals surface area contributed by atoms with Gasteiger partial charge in [-0.15, -0.1) is 0 Å². The van der Waals surface area contributed by atoms with Crippen molar-refractivity contribution < 1.29 is 4.74 Å². The van der Waals surface area contributed by atoms with Gasteiger partial charge in [0.25, 0.3) is 6.02 Å². The van der Waals surface area contributed by atoms with Crippen molar-refractivity contribution in [1.82, 2.24) is 0 Å². The van der Waals surface area contributed by atoms with Gasteiger partial charge in [-0.1, -0.05) is 30.3 Å². The largest absolute Gasteiger partial charge is 0.460 e. The lowest BCUT2D eigenvalue weighted by molar-refractivity contribution is 0.210. The standard InChI is InChI=1S/C10H12N2O/c1-7-9(12-10(11)13-7)8-5-3-2-4-6-8/h2-7,9H,1H3,(H2,11,12). The van der Waals surface area contributed by atoms with Crippen LogP contribution in [0.25, 0.3) is 0 Å². The fraction of sp³-hybridized carbons (Fsp3) is 0.300. The Bertz CT molecular complexity index is 321. The van der Waals surface area contributed by atoms with E-state index >= 15 is 0 Å². The van der Waals surface area contributed by atoms with Crippen LogP contribution in [0.4, 0.5) is 0 Å². The van der Waals surface area contributed by atoms with Gasteiger partial charge in [-0.2, -0.15) is 0 Å². The first-order valence-electron chi connectivity index (χ1n) is 4.32. The molecule has 0 amide bonds. The molecule has 3 nitrogen and oxygen atoms in total. The highest BCUT2D eigenvalue weighted by Crippen LogP contribution is 2.27. The molecule has 1 aliphatic rings. The van der Waals surface area contributed by atoms with E-state index in [0.29, 0.717) is 6.02 Å². The van der Waals surface area contributed by atoms with Gasteiger partial charge in [0.15, 0.2) is 0 Å². The molecule has 1 aliphatic heterocycles. The number of rotatable bonds is 1. The first-order chi connectivity index (χ1) is 6.27. The molecule has 1 aromatic carbocycles. The van der Waals surface area contributed by atoms with Crippen molar-refractivity contribution in [2.75, 3.05) is 0 Å². The highest BCUT2D eigenvalue weighted by atomic mass is 16.5. The average molecular weight is 176 g/mol. The van der Waals surface area contributed by atoms with Gasteiger partial charge in [0, 0.05) is 0 Å². The third kappa shape index (κ3) is 1.49. The fourth-order valence-corrected chi connectivity index (χ4v) is 1.52. The van der Waals surface area contributed by atoms with Crippen LogP contribution in [0.15, 0.2) is 35.3 Å². The Kier molecular flexibility index (Phi) is 1.93. The van der Waals surface area contributed by atoms with E-state index in [0.717, 1.165) is 5.56 Å². The van der Waals surface area contributed by atoms with E-state index in [1.807, 2.05) is 37.3 Å². The second-order valence-corrected chi connectivity index (χ2v) is 3.15. The number of aliphatic imine (C=N–C) groups is 1. The summed E-state index contributed by atoms with van der Waals surface area (Å²) in [5.41, 5.74) is 6.63. The van der Waals surface area contributed by atoms with Crippen molar-refractivity contribution >= 4 is 6.02 Å². The van der Waals surface area contributed by atoms with Crippen LogP contribution in [-0.4, -0.2) is 12.1 Å². The Morgan fingerprint density at radius 1 is 1.31 bits per heavy atom. The van der Waals surface area contributed by atoms with E-state index in [4.69, 9.17) is 10.5 Å². The molecule has 2 atom stereocenters. The minimum absolute atomic E-state index is 0.0439. The second kappa shape index (κ2) is 3.09. The van der Waals surface area contributed by atoms with Crippen molar-refractivity contribution in [3.63, 3.8) is 0 Å². The molecule has 68 valence electrons. The molecule has 0 spiro atoms. The Hall–Kier alpha value is -1.51. The summed E-state index contributed by atoms with van der Waals surface area (Å²) in [4.78, 5) is 4.21. The molecule has 0 fully saturated rings. The van der Waals surface area contributed by atoms with Crippen LogP contribution in [0.5, 0.6) is 0 Å². The summed E-state index contributed by atoms with van der Waals surface area (Å²) in [5, 5.41) is 0. The van der Waals surface area contributed by atoms with Crippen molar-refractivity contribution in [3.8, 4) is 0 Å². The lowest BCUT2D eigenvalue weighted by Gasteiger charge is -2.11. The molecule has 1 aromatic rings. The average Bonchev–Trinajstić information content (AvgIpc) is 2.47. The summed E-state index contributed by atoms with van der Waals surface area (Å²) < 4.78 is 5.26. The zero-order valence-electron chi connectivity index (χ0n) is 7.47. The maximum Gasteiger partial charge on any atom is 0.283 e. The molecule has 0 aromatic heterocycles. The molecule has 3 heteroatoms. The van der Waals surface area contributed by atoms with Crippen LogP contribution in [0.2, 0.25) is 0 Å². The van der Waals surface area contributed by atoms with Gasteiger partial charge >= 0.3 is 0 Å². The SMILES string of the molecule is CC1OC(N)=NC1c1ccccc1. The summed E-state index contributed by atoms with van der Waals surface area (Å²) in [6.07, 6.45) is 0.0439. The lowest BCUT2D eigenvalue weighted by Crippen LogP contribution is -2.16. The predicted octanol–water partition coefficient (Wildman–Crippen LogP) is 1.46. The number of nitrogens with zero attached hydrogens (tertiary/aromatic N) is 1. The molecule has 0 bridgehead atoms. The quantitative estimate of drug-likeness (QED) is 0.704. The molecular weight excluding hydrogens is 164 g/mol. The van der Waals surface area contributed by atoms with Crippen LogP contribution in [0.1, 0.15) is 18.5 Å². The van der Waals surface area contributed by atoms with Crippen molar-refractivity contribution in [2.24, 2.45) is 10.7 Å². The lowest BCUT2D eigenvalue weighted by atomic mass is 10.0. The van der Waals surface area contributed by atoms with Gasteiger partial charge < -0.3 is 10.5 Å². The van der Waals surface area contributed by atoms with Crippen LogP contribution in [0, 0.1) is 0 Å². The summed E-state index contributed by atoms with van der Waals surface area (Å²) in [6.45, 7) is 1.97. The van der Waals surface area contributed by atoms with E-state index in [1.165, 1.54) is 0 Å². The first-order valence-corrected chi connectivity index (χ1v) is 4.32. The molecule has 0 saturated heterocycles. The van der Waals surface area contributed by atoms with E-state index < -0.39 is 0 Å². The predicted molar refractivity (Wildman–Crippen MR) is 51.4 cm³/mol. The van der Waals surface area contributed by atoms with E-state index in [1.54, 1.807) is 0 Å². The number of amidine groups is 1. The fourth-order valence-electron chi connectivity index (χ4n) is 1.52. The minimum Gasteiger partial charge on any atom is -0.460 e. The zero-order chi connectivity index (χ0) is 9.26. The number of hydrogen-bond donors (Lipinski definition) is 1. The van der Waals surface area contributed by atoms with Crippen molar-refractivity contribution in [2.45, 2.75) is 19.1 Å². The summed E-state index contributed by atoms with van der Waals surface area (Å²) >= 11 is 0. The number of benzene rings is 1. The normalized spacial score (nSPS) is 26.7. The molecular formula is C10H12N2O. The molecule has 1 heterocycles. The van der Waals surface area contributed by atoms with E-state index in [9.17, 15) is 0 Å². The maximum absolute atomic E-state index is 5.48. The van der Waals surface area contributed by atoms with Crippen LogP contribution in [-0.2, 0) is 4.74 Å². The van der Waals surface area contributed by atoms with Crippen molar-refractivity contribution in [3.05, 3.63) is 35.9 Å². The number of ether oxygens (including phenoxy) is 1. The van der Waals surface area contributed by atoms with Gasteiger partial charge in [-0.3, -0.25) is 0 Å². The van der Waals surface area contributed by atoms with Gasteiger partial charge in [-0.05, 0) is 12.5 Å². The first kappa shape index (κ1) is 8.10. The van der Waals surface area contributed by atoms with E-state index in [2.05, 4.69) is 4.99 Å². The highest BCUT2D eigenvalue weighted by Gasteiger charge is 2.26. The Balaban J connectivity index is 2.27. The van der Waals surface area contributed by atoms with Gasteiger partial charge in [0.1, 0.15) is 12.1 Å². The van der Waals surface area contributed by atoms with Crippen molar-refractivity contribution in [1.29, 1.82) is 0 Å². The number of hydrogen-bond acceptors (Lipinski definition) is 3. The Labute approximate surface area is 77.2 Å². The molecule has 2 N–H and O–H groups in total. The molecule has 2 unspecified atom stereocenters. The third-order valence-corrected chi connectivity index (χ3v) is 2.16. The summed E-state index contributed by atoms with van der Waals surface area (Å²) in [6, 6.07) is 10.4. The molecule has 0 saturated carbocycles. The molecule has 2 rings (SSSR count). The molecule has 13 heavy (non-hydrogen) atoms. The zero-order valence-corrected chi connectivity index (χ0v) is 7.47. The summed E-state index contributed by atoms with van der Waals surface area (Å²) in [7, 11) is 0. The van der Waals surface area contributed by atoms with Gasteiger partial charge in [0.05, 0.1) is 0 Å². The molecule has 0 aliphatic carbocycles. The summed E-state index contributed by atoms with van der Waals surface area (Å²) in [5.74, 6) is 0. The van der Waals surface area contributed by atoms with Gasteiger partial charge in [0.2, 0.25) is 0 Å². The van der Waals surface area contributed by atoms with Crippen LogP contribution < -0.4 is 5.73 Å². The second-order valence-electron chi connectivity index (χ2n) is 3.15.